The van der Waals surface area contributed by atoms with Crippen molar-refractivity contribution in [2.24, 2.45) is 0 Å². The molecule has 0 aliphatic carbocycles. The van der Waals surface area contributed by atoms with Crippen molar-refractivity contribution in [2.45, 2.75) is 12.8 Å². The highest BCUT2D eigenvalue weighted by atomic mass is 16.2. The summed E-state index contributed by atoms with van der Waals surface area (Å²) in [4.78, 5) is 12.2. The third-order valence-corrected chi connectivity index (χ3v) is 2.65. The van der Waals surface area contributed by atoms with E-state index in [1.54, 1.807) is 12.3 Å². The highest BCUT2D eigenvalue weighted by Crippen LogP contribution is 2.18. The first-order valence-electron chi connectivity index (χ1n) is 6.07. The molecule has 0 aliphatic rings. The lowest BCUT2D eigenvalue weighted by Crippen LogP contribution is -2.02. The van der Waals surface area contributed by atoms with Gasteiger partial charge >= 0.3 is 0 Å². The largest absolute Gasteiger partial charge is 0.398 e. The zero-order chi connectivity index (χ0) is 14.4. The Kier molecular flexibility index (Phi) is 4.42. The van der Waals surface area contributed by atoms with Gasteiger partial charge in [0.05, 0.1) is 12.4 Å². The van der Waals surface area contributed by atoms with Crippen LogP contribution in [0.4, 0.5) is 17.3 Å². The normalized spacial score (nSPS) is 10.0. The number of hydrogen-bond acceptors (Lipinski definition) is 7. The number of aliphatic hydroxyl groups is 1. The molecule has 0 saturated heterocycles. The van der Waals surface area contributed by atoms with E-state index in [0.29, 0.717) is 30.2 Å². The molecule has 0 atom stereocenters. The summed E-state index contributed by atoms with van der Waals surface area (Å²) in [6, 6.07) is 3.60. The summed E-state index contributed by atoms with van der Waals surface area (Å²) in [7, 11) is 0. The number of nitrogens with zero attached hydrogens (tertiary/aromatic N) is 4. The molecule has 2 aromatic heterocycles. The summed E-state index contributed by atoms with van der Waals surface area (Å²) in [6.07, 6.45) is 5.84. The van der Waals surface area contributed by atoms with Gasteiger partial charge in [-0.3, -0.25) is 0 Å². The Balaban J connectivity index is 2.09. The van der Waals surface area contributed by atoms with Crippen LogP contribution in [0.2, 0.25) is 0 Å². The van der Waals surface area contributed by atoms with E-state index in [-0.39, 0.29) is 12.3 Å². The first-order chi connectivity index (χ1) is 9.72. The van der Waals surface area contributed by atoms with Gasteiger partial charge in [-0.25, -0.2) is 15.0 Å². The monoisotopic (exact) mass is 270 g/mol. The van der Waals surface area contributed by atoms with Crippen LogP contribution in [-0.2, 0) is 6.42 Å². The minimum Gasteiger partial charge on any atom is -0.398 e. The van der Waals surface area contributed by atoms with Gasteiger partial charge in [0.1, 0.15) is 17.7 Å². The van der Waals surface area contributed by atoms with E-state index in [1.165, 1.54) is 12.4 Å². The topological polar surface area (TPSA) is 121 Å². The summed E-state index contributed by atoms with van der Waals surface area (Å²) in [5.74, 6) is 1.04. The molecule has 4 N–H and O–H groups in total. The SMILES string of the molecule is N#Cc1cnc(Nc2cc(N)c(CCCO)cn2)cn1. The molecule has 7 nitrogen and oxygen atoms in total. The van der Waals surface area contributed by atoms with Crippen molar-refractivity contribution >= 4 is 17.3 Å². The lowest BCUT2D eigenvalue weighted by atomic mass is 10.1. The second-order valence-electron chi connectivity index (χ2n) is 4.12. The average molecular weight is 270 g/mol. The highest BCUT2D eigenvalue weighted by Gasteiger charge is 2.04. The van der Waals surface area contributed by atoms with E-state index in [1.807, 2.05) is 6.07 Å². The van der Waals surface area contributed by atoms with Gasteiger partial charge in [0.25, 0.3) is 0 Å². The summed E-state index contributed by atoms with van der Waals surface area (Å²) in [5.41, 5.74) is 7.68. The molecule has 0 unspecified atom stereocenters. The molecule has 0 amide bonds. The van der Waals surface area contributed by atoms with E-state index in [2.05, 4.69) is 20.3 Å². The molecule has 0 saturated carbocycles. The third-order valence-electron chi connectivity index (χ3n) is 2.65. The van der Waals surface area contributed by atoms with Crippen molar-refractivity contribution in [1.82, 2.24) is 15.0 Å². The number of nitrogens with one attached hydrogen (secondary N) is 1. The Hall–Kier alpha value is -2.72. The van der Waals surface area contributed by atoms with Crippen LogP contribution in [0.3, 0.4) is 0 Å². The Labute approximate surface area is 116 Å². The van der Waals surface area contributed by atoms with Crippen LogP contribution in [0.15, 0.2) is 24.7 Å². The number of aryl methyl sites for hydroxylation is 1. The van der Waals surface area contributed by atoms with Crippen molar-refractivity contribution in [3.63, 3.8) is 0 Å². The van der Waals surface area contributed by atoms with E-state index in [0.717, 1.165) is 5.56 Å². The number of nitrogen functional groups attached to an aromatic ring is 1. The maximum absolute atomic E-state index is 8.80. The molecule has 7 heteroatoms. The van der Waals surface area contributed by atoms with Crippen molar-refractivity contribution in [2.75, 3.05) is 17.7 Å². The van der Waals surface area contributed by atoms with Crippen LogP contribution in [-0.4, -0.2) is 26.7 Å². The van der Waals surface area contributed by atoms with Gasteiger partial charge in [-0.05, 0) is 18.4 Å². The zero-order valence-electron chi connectivity index (χ0n) is 10.7. The smallest absolute Gasteiger partial charge is 0.158 e. The molecule has 102 valence electrons. The van der Waals surface area contributed by atoms with Gasteiger partial charge in [-0.1, -0.05) is 0 Å². The Morgan fingerprint density at radius 1 is 1.20 bits per heavy atom. The van der Waals surface area contributed by atoms with Gasteiger partial charge in [0.2, 0.25) is 0 Å². The van der Waals surface area contributed by atoms with Gasteiger partial charge in [0.15, 0.2) is 5.69 Å². The molecule has 0 spiro atoms. The molecule has 20 heavy (non-hydrogen) atoms. The Morgan fingerprint density at radius 2 is 2.00 bits per heavy atom. The number of anilines is 3. The van der Waals surface area contributed by atoms with E-state index >= 15 is 0 Å². The zero-order valence-corrected chi connectivity index (χ0v) is 10.7. The molecule has 0 aromatic carbocycles. The number of nitriles is 1. The van der Waals surface area contributed by atoms with Crippen LogP contribution in [0.5, 0.6) is 0 Å². The number of aliphatic hydroxyl groups excluding tert-OH is 1. The Morgan fingerprint density at radius 3 is 2.60 bits per heavy atom. The van der Waals surface area contributed by atoms with E-state index < -0.39 is 0 Å². The van der Waals surface area contributed by atoms with Crippen LogP contribution >= 0.6 is 0 Å². The molecule has 2 rings (SSSR count). The minimum atomic E-state index is 0.125. The quantitative estimate of drug-likeness (QED) is 0.740. The third kappa shape index (κ3) is 3.40. The van der Waals surface area contributed by atoms with Gasteiger partial charge in [0, 0.05) is 24.6 Å². The molecular formula is C13H14N6O. The first kappa shape index (κ1) is 13.7. The molecule has 2 aromatic rings. The van der Waals surface area contributed by atoms with Crippen LogP contribution in [0, 0.1) is 11.3 Å². The fraction of sp³-hybridized carbons (Fsp3) is 0.231. The molecular weight excluding hydrogens is 256 g/mol. The van der Waals surface area contributed by atoms with Crippen molar-refractivity contribution in [3.05, 3.63) is 35.9 Å². The maximum Gasteiger partial charge on any atom is 0.158 e. The summed E-state index contributed by atoms with van der Waals surface area (Å²) in [5, 5.41) is 20.4. The molecule has 2 heterocycles. The van der Waals surface area contributed by atoms with Crippen LogP contribution in [0.1, 0.15) is 17.7 Å². The molecule has 0 bridgehead atoms. The molecule has 0 aliphatic heterocycles. The lowest BCUT2D eigenvalue weighted by Gasteiger charge is -2.08. The fourth-order valence-corrected chi connectivity index (χ4v) is 1.63. The number of aromatic nitrogens is 3. The summed E-state index contributed by atoms with van der Waals surface area (Å²) < 4.78 is 0. The first-order valence-corrected chi connectivity index (χ1v) is 6.07. The number of pyridine rings is 1. The van der Waals surface area contributed by atoms with Crippen molar-refractivity contribution in [1.29, 1.82) is 5.26 Å². The number of hydrogen-bond donors (Lipinski definition) is 3. The van der Waals surface area contributed by atoms with E-state index in [4.69, 9.17) is 16.1 Å². The van der Waals surface area contributed by atoms with Gasteiger partial charge in [-0.2, -0.15) is 5.26 Å². The maximum atomic E-state index is 8.80. The lowest BCUT2D eigenvalue weighted by molar-refractivity contribution is 0.288. The fourth-order valence-electron chi connectivity index (χ4n) is 1.63. The van der Waals surface area contributed by atoms with Crippen molar-refractivity contribution in [3.8, 4) is 6.07 Å². The standard InChI is InChI=1S/C13H14N6O/c14-5-10-7-18-13(8-16-10)19-12-4-11(15)9(6-17-12)2-1-3-20/h4,6-8,20H,1-3H2,(H3,15,17,18,19). The van der Waals surface area contributed by atoms with Crippen LogP contribution in [0.25, 0.3) is 0 Å². The predicted molar refractivity (Wildman–Crippen MR) is 74.1 cm³/mol. The summed E-state index contributed by atoms with van der Waals surface area (Å²) in [6.45, 7) is 0.125. The Bertz CT molecular complexity index is 620. The van der Waals surface area contributed by atoms with Crippen molar-refractivity contribution < 1.29 is 5.11 Å². The minimum absolute atomic E-state index is 0.125. The molecule has 0 fully saturated rings. The highest BCUT2D eigenvalue weighted by molar-refractivity contribution is 5.59. The molecule has 0 radical (unpaired) electrons. The summed E-state index contributed by atoms with van der Waals surface area (Å²) >= 11 is 0. The second kappa shape index (κ2) is 6.45. The van der Waals surface area contributed by atoms with E-state index in [9.17, 15) is 0 Å². The van der Waals surface area contributed by atoms with Gasteiger partial charge in [-0.15, -0.1) is 0 Å². The van der Waals surface area contributed by atoms with Crippen LogP contribution < -0.4 is 11.1 Å². The van der Waals surface area contributed by atoms with Gasteiger partial charge < -0.3 is 16.2 Å². The predicted octanol–water partition coefficient (Wildman–Crippen LogP) is 0.994. The number of rotatable bonds is 5. The second-order valence-corrected chi connectivity index (χ2v) is 4.12. The number of nitrogens with two attached hydrogens (primary N) is 1. The average Bonchev–Trinajstić information content (AvgIpc) is 2.47.